The molecule has 1 aromatic rings. The molecule has 0 saturated heterocycles. The average Bonchev–Trinajstić information content (AvgIpc) is 2.24. The standard InChI is InChI=1S/C12H12F2O2/c1-3-12(2,11(15)16)7-8-5-4-6-9(13)10(8)14/h3-6H,1,7H2,2H3,(H,15,16). The van der Waals surface area contributed by atoms with E-state index in [1.54, 1.807) is 0 Å². The zero-order valence-electron chi connectivity index (χ0n) is 8.84. The van der Waals surface area contributed by atoms with Crippen molar-refractivity contribution in [2.24, 2.45) is 5.41 Å². The maximum absolute atomic E-state index is 13.3. The van der Waals surface area contributed by atoms with Crippen molar-refractivity contribution in [1.82, 2.24) is 0 Å². The lowest BCUT2D eigenvalue weighted by molar-refractivity contribution is -0.145. The van der Waals surface area contributed by atoms with E-state index < -0.39 is 23.0 Å². The molecule has 1 unspecified atom stereocenters. The highest BCUT2D eigenvalue weighted by atomic mass is 19.2. The molecular weight excluding hydrogens is 214 g/mol. The van der Waals surface area contributed by atoms with Crippen molar-refractivity contribution in [3.8, 4) is 0 Å². The molecule has 16 heavy (non-hydrogen) atoms. The molecule has 1 atom stereocenters. The molecule has 0 bridgehead atoms. The number of hydrogen-bond donors (Lipinski definition) is 1. The van der Waals surface area contributed by atoms with Gasteiger partial charge in [0, 0.05) is 0 Å². The first-order valence-corrected chi connectivity index (χ1v) is 4.70. The summed E-state index contributed by atoms with van der Waals surface area (Å²) in [4.78, 5) is 11.0. The van der Waals surface area contributed by atoms with Crippen LogP contribution in [0.5, 0.6) is 0 Å². The van der Waals surface area contributed by atoms with Gasteiger partial charge < -0.3 is 5.11 Å². The van der Waals surface area contributed by atoms with Gasteiger partial charge in [0.05, 0.1) is 5.41 Å². The van der Waals surface area contributed by atoms with Crippen molar-refractivity contribution in [3.05, 3.63) is 48.1 Å². The van der Waals surface area contributed by atoms with Crippen LogP contribution in [0, 0.1) is 17.0 Å². The van der Waals surface area contributed by atoms with Crippen molar-refractivity contribution in [1.29, 1.82) is 0 Å². The van der Waals surface area contributed by atoms with Gasteiger partial charge in [-0.3, -0.25) is 4.79 Å². The van der Waals surface area contributed by atoms with Crippen molar-refractivity contribution in [2.45, 2.75) is 13.3 Å². The van der Waals surface area contributed by atoms with Crippen LogP contribution < -0.4 is 0 Å². The topological polar surface area (TPSA) is 37.3 Å². The first-order chi connectivity index (χ1) is 7.40. The van der Waals surface area contributed by atoms with Gasteiger partial charge in [-0.2, -0.15) is 0 Å². The van der Waals surface area contributed by atoms with E-state index in [0.29, 0.717) is 0 Å². The molecule has 1 aromatic carbocycles. The minimum Gasteiger partial charge on any atom is -0.481 e. The van der Waals surface area contributed by atoms with Crippen LogP contribution in [0.15, 0.2) is 30.9 Å². The second kappa shape index (κ2) is 4.43. The third kappa shape index (κ3) is 2.27. The van der Waals surface area contributed by atoms with Gasteiger partial charge in [-0.1, -0.05) is 18.2 Å². The number of carboxylic acid groups (broad SMARTS) is 1. The summed E-state index contributed by atoms with van der Waals surface area (Å²) in [7, 11) is 0. The van der Waals surface area contributed by atoms with Crippen molar-refractivity contribution < 1.29 is 18.7 Å². The molecule has 0 heterocycles. The molecular formula is C12H12F2O2. The van der Waals surface area contributed by atoms with Gasteiger partial charge in [0.25, 0.3) is 0 Å². The summed E-state index contributed by atoms with van der Waals surface area (Å²) in [5, 5.41) is 8.97. The van der Waals surface area contributed by atoms with E-state index >= 15 is 0 Å². The Labute approximate surface area is 92.2 Å². The van der Waals surface area contributed by atoms with Gasteiger partial charge in [-0.15, -0.1) is 6.58 Å². The van der Waals surface area contributed by atoms with Crippen molar-refractivity contribution >= 4 is 5.97 Å². The van der Waals surface area contributed by atoms with Crippen LogP contribution in [-0.2, 0) is 11.2 Å². The first-order valence-electron chi connectivity index (χ1n) is 4.70. The zero-order chi connectivity index (χ0) is 12.3. The molecule has 0 aliphatic carbocycles. The number of aliphatic carboxylic acids is 1. The highest BCUT2D eigenvalue weighted by molar-refractivity contribution is 5.76. The van der Waals surface area contributed by atoms with Gasteiger partial charge in [0.2, 0.25) is 0 Å². The summed E-state index contributed by atoms with van der Waals surface area (Å²) < 4.78 is 26.2. The summed E-state index contributed by atoms with van der Waals surface area (Å²) >= 11 is 0. The number of carbonyl (C=O) groups is 1. The third-order valence-corrected chi connectivity index (χ3v) is 2.53. The van der Waals surface area contributed by atoms with Crippen LogP contribution in [-0.4, -0.2) is 11.1 Å². The lowest BCUT2D eigenvalue weighted by Gasteiger charge is -2.20. The summed E-state index contributed by atoms with van der Waals surface area (Å²) in [6.07, 6.45) is 1.09. The number of rotatable bonds is 4. The molecule has 0 aromatic heterocycles. The van der Waals surface area contributed by atoms with Gasteiger partial charge in [-0.25, -0.2) is 8.78 Å². The Balaban J connectivity index is 3.08. The molecule has 1 rings (SSSR count). The van der Waals surface area contributed by atoms with Crippen molar-refractivity contribution in [2.75, 3.05) is 0 Å². The smallest absolute Gasteiger partial charge is 0.313 e. The molecule has 1 N–H and O–H groups in total. The molecule has 0 saturated carbocycles. The van der Waals surface area contributed by atoms with E-state index in [0.717, 1.165) is 6.07 Å². The fraction of sp³-hybridized carbons (Fsp3) is 0.250. The Bertz CT molecular complexity index is 429. The highest BCUT2D eigenvalue weighted by Gasteiger charge is 2.31. The molecule has 0 spiro atoms. The van der Waals surface area contributed by atoms with E-state index in [1.807, 2.05) is 0 Å². The summed E-state index contributed by atoms with van der Waals surface area (Å²) in [5.74, 6) is -3.10. The number of benzene rings is 1. The molecule has 0 aliphatic heterocycles. The quantitative estimate of drug-likeness (QED) is 0.801. The number of hydrogen-bond acceptors (Lipinski definition) is 1. The van der Waals surface area contributed by atoms with E-state index in [4.69, 9.17) is 5.11 Å². The molecule has 86 valence electrons. The Morgan fingerprint density at radius 2 is 2.19 bits per heavy atom. The molecule has 4 heteroatoms. The van der Waals surface area contributed by atoms with Gasteiger partial charge in [0.15, 0.2) is 11.6 Å². The van der Waals surface area contributed by atoms with Gasteiger partial charge in [0.1, 0.15) is 0 Å². The lowest BCUT2D eigenvalue weighted by atomic mass is 9.84. The van der Waals surface area contributed by atoms with Crippen LogP contribution in [0.1, 0.15) is 12.5 Å². The Kier molecular flexibility index (Phi) is 3.42. The molecule has 0 amide bonds. The predicted octanol–water partition coefficient (Wildman–Crippen LogP) is 2.78. The second-order valence-corrected chi connectivity index (χ2v) is 3.82. The third-order valence-electron chi connectivity index (χ3n) is 2.53. The Morgan fingerprint density at radius 1 is 1.56 bits per heavy atom. The first kappa shape index (κ1) is 12.4. The van der Waals surface area contributed by atoms with Gasteiger partial charge in [-0.05, 0) is 25.0 Å². The zero-order valence-corrected chi connectivity index (χ0v) is 8.84. The maximum atomic E-state index is 13.3. The maximum Gasteiger partial charge on any atom is 0.313 e. The van der Waals surface area contributed by atoms with Crippen LogP contribution in [0.3, 0.4) is 0 Å². The van der Waals surface area contributed by atoms with Crippen LogP contribution in [0.4, 0.5) is 8.78 Å². The average molecular weight is 226 g/mol. The molecule has 0 fully saturated rings. The molecule has 0 radical (unpaired) electrons. The largest absolute Gasteiger partial charge is 0.481 e. The summed E-state index contributed by atoms with van der Waals surface area (Å²) in [5.41, 5.74) is -1.26. The van der Waals surface area contributed by atoms with Crippen LogP contribution >= 0.6 is 0 Å². The second-order valence-electron chi connectivity index (χ2n) is 3.82. The van der Waals surface area contributed by atoms with Crippen LogP contribution in [0.25, 0.3) is 0 Å². The van der Waals surface area contributed by atoms with Crippen LogP contribution in [0.2, 0.25) is 0 Å². The Morgan fingerprint density at radius 3 is 2.69 bits per heavy atom. The normalized spacial score (nSPS) is 14.2. The number of carboxylic acids is 1. The Hall–Kier alpha value is -1.71. The minimum absolute atomic E-state index is 0.0322. The van der Waals surface area contributed by atoms with E-state index in [1.165, 1.54) is 25.1 Å². The van der Waals surface area contributed by atoms with E-state index in [-0.39, 0.29) is 12.0 Å². The highest BCUT2D eigenvalue weighted by Crippen LogP contribution is 2.26. The molecule has 0 aliphatic rings. The number of halogens is 2. The fourth-order valence-corrected chi connectivity index (χ4v) is 1.32. The molecule has 2 nitrogen and oxygen atoms in total. The minimum atomic E-state index is -1.30. The summed E-state index contributed by atoms with van der Waals surface area (Å²) in [6, 6.07) is 3.70. The fourth-order valence-electron chi connectivity index (χ4n) is 1.32. The predicted molar refractivity (Wildman–Crippen MR) is 56.0 cm³/mol. The van der Waals surface area contributed by atoms with E-state index in [9.17, 15) is 13.6 Å². The lowest BCUT2D eigenvalue weighted by Crippen LogP contribution is -2.28. The van der Waals surface area contributed by atoms with E-state index in [2.05, 4.69) is 6.58 Å². The van der Waals surface area contributed by atoms with Gasteiger partial charge >= 0.3 is 5.97 Å². The summed E-state index contributed by atoms with van der Waals surface area (Å²) in [6.45, 7) is 4.81. The monoisotopic (exact) mass is 226 g/mol. The van der Waals surface area contributed by atoms with Crippen molar-refractivity contribution in [3.63, 3.8) is 0 Å². The SMILES string of the molecule is C=CC(C)(Cc1cccc(F)c1F)C(=O)O.